The van der Waals surface area contributed by atoms with Crippen LogP contribution in [0.3, 0.4) is 0 Å². The maximum atomic E-state index is 9.34. The molecule has 1 aromatic rings. The summed E-state index contributed by atoms with van der Waals surface area (Å²) in [7, 11) is 0. The molecule has 3 heterocycles. The first-order valence-corrected chi connectivity index (χ1v) is 7.65. The van der Waals surface area contributed by atoms with Crippen LogP contribution in [0.15, 0.2) is 0 Å². The van der Waals surface area contributed by atoms with Gasteiger partial charge in [0.2, 0.25) is 0 Å². The highest BCUT2D eigenvalue weighted by Gasteiger charge is 2.24. The molecule has 1 aromatic heterocycles. The van der Waals surface area contributed by atoms with E-state index in [0.717, 1.165) is 43.3 Å². The number of aromatic nitrogens is 3. The summed E-state index contributed by atoms with van der Waals surface area (Å²) in [6.45, 7) is 0.190. The number of rotatable bonds is 3. The first-order valence-electron chi connectivity index (χ1n) is 6.49. The molecule has 0 spiro atoms. The van der Waals surface area contributed by atoms with Crippen molar-refractivity contribution in [2.75, 3.05) is 18.1 Å². The number of nitrogens with zero attached hydrogens (tertiary/aromatic N) is 3. The zero-order valence-electron chi connectivity index (χ0n) is 10.0. The Hall–Kier alpha value is -0.550. The van der Waals surface area contributed by atoms with Crippen molar-refractivity contribution in [3.05, 3.63) is 11.6 Å². The molecule has 17 heavy (non-hydrogen) atoms. The van der Waals surface area contributed by atoms with E-state index in [2.05, 4.69) is 10.1 Å². The molecule has 4 nitrogen and oxygen atoms in total. The van der Waals surface area contributed by atoms with Crippen LogP contribution >= 0.6 is 11.8 Å². The van der Waals surface area contributed by atoms with E-state index in [1.807, 2.05) is 16.4 Å². The molecule has 94 valence electrons. The largest absolute Gasteiger partial charge is 0.394 e. The van der Waals surface area contributed by atoms with Crippen LogP contribution < -0.4 is 0 Å². The highest BCUT2D eigenvalue weighted by molar-refractivity contribution is 7.99. The van der Waals surface area contributed by atoms with Gasteiger partial charge in [0.05, 0.1) is 12.6 Å². The summed E-state index contributed by atoms with van der Waals surface area (Å²) < 4.78 is 1.97. The van der Waals surface area contributed by atoms with Gasteiger partial charge >= 0.3 is 0 Å². The molecule has 1 saturated heterocycles. The lowest BCUT2D eigenvalue weighted by Gasteiger charge is -2.20. The smallest absolute Gasteiger partial charge is 0.151 e. The minimum absolute atomic E-state index is 0.165. The highest BCUT2D eigenvalue weighted by Crippen LogP contribution is 2.27. The number of aliphatic hydroxyl groups is 1. The van der Waals surface area contributed by atoms with Gasteiger partial charge in [-0.2, -0.15) is 16.9 Å². The van der Waals surface area contributed by atoms with Crippen molar-refractivity contribution in [2.45, 2.75) is 38.1 Å². The van der Waals surface area contributed by atoms with Crippen molar-refractivity contribution in [1.29, 1.82) is 0 Å². The molecule has 3 rings (SSSR count). The quantitative estimate of drug-likeness (QED) is 0.885. The molecule has 0 amide bonds. The van der Waals surface area contributed by atoms with Gasteiger partial charge in [-0.05, 0) is 36.7 Å². The van der Waals surface area contributed by atoms with Gasteiger partial charge in [0.25, 0.3) is 0 Å². The highest BCUT2D eigenvalue weighted by atomic mass is 32.2. The monoisotopic (exact) mass is 253 g/mol. The van der Waals surface area contributed by atoms with Crippen molar-refractivity contribution >= 4 is 11.8 Å². The second-order valence-electron chi connectivity index (χ2n) is 5.05. The lowest BCUT2D eigenvalue weighted by Crippen LogP contribution is -2.22. The summed E-state index contributed by atoms with van der Waals surface area (Å²) in [5.41, 5.74) is 0. The van der Waals surface area contributed by atoms with E-state index in [9.17, 15) is 5.11 Å². The summed E-state index contributed by atoms with van der Waals surface area (Å²) in [5, 5.41) is 13.9. The van der Waals surface area contributed by atoms with Gasteiger partial charge in [-0.15, -0.1) is 0 Å². The molecule has 2 atom stereocenters. The minimum Gasteiger partial charge on any atom is -0.394 e. The van der Waals surface area contributed by atoms with Crippen LogP contribution in [-0.4, -0.2) is 38.0 Å². The second-order valence-corrected chi connectivity index (χ2v) is 6.20. The average Bonchev–Trinajstić information content (AvgIpc) is 2.97. The van der Waals surface area contributed by atoms with E-state index in [4.69, 9.17) is 0 Å². The summed E-state index contributed by atoms with van der Waals surface area (Å²) in [5.74, 6) is 5.38. The lowest BCUT2D eigenvalue weighted by atomic mass is 10.1. The topological polar surface area (TPSA) is 50.9 Å². The molecule has 2 aliphatic heterocycles. The Kier molecular flexibility index (Phi) is 3.38. The number of thioether (sulfide) groups is 1. The Labute approximate surface area is 106 Å². The minimum atomic E-state index is 0.165. The van der Waals surface area contributed by atoms with E-state index in [-0.39, 0.29) is 12.6 Å². The summed E-state index contributed by atoms with van der Waals surface area (Å²) in [4.78, 5) is 4.64. The molecular weight excluding hydrogens is 234 g/mol. The molecule has 0 aromatic carbocycles. The van der Waals surface area contributed by atoms with Gasteiger partial charge in [0.15, 0.2) is 5.82 Å². The normalized spacial score (nSPS) is 28.3. The van der Waals surface area contributed by atoms with Crippen molar-refractivity contribution in [1.82, 2.24) is 14.8 Å². The lowest BCUT2D eigenvalue weighted by molar-refractivity contribution is 0.194. The van der Waals surface area contributed by atoms with Crippen molar-refractivity contribution in [2.24, 2.45) is 5.92 Å². The van der Waals surface area contributed by atoms with E-state index < -0.39 is 0 Å². The van der Waals surface area contributed by atoms with Gasteiger partial charge in [0, 0.05) is 12.8 Å². The van der Waals surface area contributed by atoms with Crippen molar-refractivity contribution < 1.29 is 5.11 Å². The number of hydrogen-bond donors (Lipinski definition) is 1. The molecule has 0 aliphatic carbocycles. The van der Waals surface area contributed by atoms with E-state index >= 15 is 0 Å². The van der Waals surface area contributed by atoms with Crippen LogP contribution in [0.5, 0.6) is 0 Å². The van der Waals surface area contributed by atoms with E-state index in [1.54, 1.807) is 0 Å². The fraction of sp³-hybridized carbons (Fsp3) is 0.833. The van der Waals surface area contributed by atoms with Gasteiger partial charge in [0.1, 0.15) is 5.82 Å². The maximum Gasteiger partial charge on any atom is 0.151 e. The van der Waals surface area contributed by atoms with Crippen LogP contribution in [0.2, 0.25) is 0 Å². The zero-order chi connectivity index (χ0) is 11.7. The predicted molar refractivity (Wildman–Crippen MR) is 68.2 cm³/mol. The van der Waals surface area contributed by atoms with Crippen LogP contribution in [-0.2, 0) is 12.8 Å². The Morgan fingerprint density at radius 2 is 2.35 bits per heavy atom. The molecule has 0 bridgehead atoms. The Morgan fingerprint density at radius 3 is 3.12 bits per heavy atom. The molecule has 2 unspecified atom stereocenters. The van der Waals surface area contributed by atoms with Crippen molar-refractivity contribution in [3.63, 3.8) is 0 Å². The van der Waals surface area contributed by atoms with Gasteiger partial charge in [-0.1, -0.05) is 0 Å². The summed E-state index contributed by atoms with van der Waals surface area (Å²) >= 11 is 2.04. The van der Waals surface area contributed by atoms with Gasteiger partial charge in [-0.25, -0.2) is 9.67 Å². The molecular formula is C12H19N3OS. The van der Waals surface area contributed by atoms with Crippen LogP contribution in [0.4, 0.5) is 0 Å². The third-order valence-corrected chi connectivity index (χ3v) is 4.97. The standard InChI is InChI=1S/C12H19N3OS/c16-7-10-2-1-3-12-13-11(14-15(10)12)6-9-4-5-17-8-9/h9-10,16H,1-8H2. The average molecular weight is 253 g/mol. The molecule has 1 fully saturated rings. The first-order chi connectivity index (χ1) is 8.36. The third-order valence-electron chi connectivity index (χ3n) is 3.74. The van der Waals surface area contributed by atoms with E-state index in [1.165, 1.54) is 17.9 Å². The predicted octanol–water partition coefficient (Wildman–Crippen LogP) is 1.44. The summed E-state index contributed by atoms with van der Waals surface area (Å²) in [6, 6.07) is 0.165. The molecule has 0 saturated carbocycles. The second kappa shape index (κ2) is 4.98. The third kappa shape index (κ3) is 2.36. The molecule has 5 heteroatoms. The number of hydrogen-bond acceptors (Lipinski definition) is 4. The van der Waals surface area contributed by atoms with Crippen LogP contribution in [0.25, 0.3) is 0 Å². The van der Waals surface area contributed by atoms with Crippen molar-refractivity contribution in [3.8, 4) is 0 Å². The van der Waals surface area contributed by atoms with Gasteiger partial charge < -0.3 is 5.11 Å². The number of aryl methyl sites for hydroxylation is 1. The Morgan fingerprint density at radius 1 is 1.41 bits per heavy atom. The number of aliphatic hydroxyl groups excluding tert-OH is 1. The van der Waals surface area contributed by atoms with Crippen LogP contribution in [0, 0.1) is 5.92 Å². The maximum absolute atomic E-state index is 9.34. The Balaban J connectivity index is 1.75. The molecule has 2 aliphatic rings. The van der Waals surface area contributed by atoms with Gasteiger partial charge in [-0.3, -0.25) is 0 Å². The molecule has 0 radical (unpaired) electrons. The fourth-order valence-corrected chi connectivity index (χ4v) is 4.03. The fourth-order valence-electron chi connectivity index (χ4n) is 2.74. The SMILES string of the molecule is OCC1CCCc2nc(CC3CCSC3)nn21. The van der Waals surface area contributed by atoms with E-state index in [0.29, 0.717) is 0 Å². The Bertz CT molecular complexity index is 387. The first kappa shape index (κ1) is 11.5. The summed E-state index contributed by atoms with van der Waals surface area (Å²) in [6.07, 6.45) is 5.50. The molecule has 1 N–H and O–H groups in total. The zero-order valence-corrected chi connectivity index (χ0v) is 10.8. The number of fused-ring (bicyclic) bond motifs is 1. The van der Waals surface area contributed by atoms with Crippen LogP contribution in [0.1, 0.15) is 37.0 Å².